The summed E-state index contributed by atoms with van der Waals surface area (Å²) in [6, 6.07) is 28.0. The Balaban J connectivity index is 1.92. The topological polar surface area (TPSA) is 120 Å². The molecule has 4 aromatic rings. The van der Waals surface area contributed by atoms with Crippen molar-refractivity contribution >= 4 is 22.9 Å². The second-order valence-corrected chi connectivity index (χ2v) is 8.11. The van der Waals surface area contributed by atoms with Crippen LogP contribution in [0.1, 0.15) is 43.7 Å². The number of non-ortho nitro benzene ring substituents is 2. The Morgan fingerprint density at radius 2 is 0.806 bits per heavy atom. The minimum atomic E-state index is -1.04. The summed E-state index contributed by atoms with van der Waals surface area (Å²) in [7, 11) is 0. The largest absolute Gasteiger partial charge is 0.293 e. The van der Waals surface area contributed by atoms with Crippen LogP contribution < -0.4 is 0 Å². The lowest BCUT2D eigenvalue weighted by Crippen LogP contribution is -2.27. The number of nitrogens with zero attached hydrogens (tertiary/aromatic N) is 2. The van der Waals surface area contributed by atoms with Gasteiger partial charge in [0.2, 0.25) is 0 Å². The van der Waals surface area contributed by atoms with E-state index in [1.54, 1.807) is 60.7 Å². The van der Waals surface area contributed by atoms with Gasteiger partial charge in [-0.25, -0.2) is 0 Å². The monoisotopic (exact) mass is 480 g/mol. The molecule has 0 saturated heterocycles. The quantitative estimate of drug-likeness (QED) is 0.161. The number of nitro benzene ring substituents is 2. The second-order valence-electron chi connectivity index (χ2n) is 8.11. The zero-order valence-electron chi connectivity index (χ0n) is 18.9. The summed E-state index contributed by atoms with van der Waals surface area (Å²) < 4.78 is 0. The molecule has 0 amide bonds. The van der Waals surface area contributed by atoms with Crippen LogP contribution in [0.3, 0.4) is 0 Å². The zero-order chi connectivity index (χ0) is 25.7. The molecule has 0 aliphatic carbocycles. The number of ketones is 2. The van der Waals surface area contributed by atoms with Gasteiger partial charge in [-0.2, -0.15) is 0 Å². The van der Waals surface area contributed by atoms with E-state index in [-0.39, 0.29) is 22.9 Å². The van der Waals surface area contributed by atoms with Gasteiger partial charge >= 0.3 is 0 Å². The van der Waals surface area contributed by atoms with Gasteiger partial charge in [0, 0.05) is 35.4 Å². The van der Waals surface area contributed by atoms with Gasteiger partial charge in [-0.1, -0.05) is 84.9 Å². The summed E-state index contributed by atoms with van der Waals surface area (Å²) in [5.74, 6) is -2.78. The van der Waals surface area contributed by atoms with E-state index in [0.717, 1.165) is 0 Å². The Bertz CT molecular complexity index is 1290. The Kier molecular flexibility index (Phi) is 7.06. The fourth-order valence-electron chi connectivity index (χ4n) is 4.16. The van der Waals surface area contributed by atoms with Gasteiger partial charge in [0.1, 0.15) is 0 Å². The van der Waals surface area contributed by atoms with Crippen LogP contribution >= 0.6 is 0 Å². The number of carbonyl (C=O) groups excluding carboxylic acids is 2. The van der Waals surface area contributed by atoms with Crippen molar-refractivity contribution in [2.75, 3.05) is 0 Å². The summed E-state index contributed by atoms with van der Waals surface area (Å²) in [5, 5.41) is 22.4. The molecule has 0 bridgehead atoms. The van der Waals surface area contributed by atoms with Gasteiger partial charge in [0.25, 0.3) is 11.4 Å². The molecular formula is C28H20N2O6. The van der Waals surface area contributed by atoms with E-state index >= 15 is 0 Å². The molecule has 2 atom stereocenters. The fraction of sp³-hybridized carbons (Fsp3) is 0.0714. The lowest BCUT2D eigenvalue weighted by Gasteiger charge is -2.26. The highest BCUT2D eigenvalue weighted by Crippen LogP contribution is 2.39. The van der Waals surface area contributed by atoms with Gasteiger partial charge in [0.05, 0.1) is 21.7 Å². The van der Waals surface area contributed by atoms with Crippen LogP contribution in [0.2, 0.25) is 0 Å². The number of benzene rings is 4. The van der Waals surface area contributed by atoms with E-state index in [9.17, 15) is 29.8 Å². The summed E-state index contributed by atoms with van der Waals surface area (Å²) in [6.07, 6.45) is 0. The summed E-state index contributed by atoms with van der Waals surface area (Å²) >= 11 is 0. The molecule has 0 spiro atoms. The molecule has 0 N–H and O–H groups in total. The first-order chi connectivity index (χ1) is 17.4. The first kappa shape index (κ1) is 24.2. The highest BCUT2D eigenvalue weighted by molar-refractivity contribution is 6.09. The van der Waals surface area contributed by atoms with Crippen molar-refractivity contribution in [1.29, 1.82) is 0 Å². The van der Waals surface area contributed by atoms with Crippen LogP contribution in [0, 0.1) is 20.2 Å². The molecule has 8 heteroatoms. The minimum absolute atomic E-state index is 0.147. The van der Waals surface area contributed by atoms with Crippen molar-refractivity contribution in [3.8, 4) is 0 Å². The van der Waals surface area contributed by atoms with Crippen LogP contribution in [0.5, 0.6) is 0 Å². The normalized spacial score (nSPS) is 12.3. The van der Waals surface area contributed by atoms with Crippen LogP contribution in [0.15, 0.2) is 109 Å². The molecule has 4 aromatic carbocycles. The molecule has 2 unspecified atom stereocenters. The Morgan fingerprint density at radius 1 is 0.500 bits per heavy atom. The third-order valence-electron chi connectivity index (χ3n) is 5.94. The van der Waals surface area contributed by atoms with Crippen LogP contribution in [-0.2, 0) is 0 Å². The van der Waals surface area contributed by atoms with Crippen molar-refractivity contribution in [1.82, 2.24) is 0 Å². The van der Waals surface area contributed by atoms with E-state index in [4.69, 9.17) is 0 Å². The van der Waals surface area contributed by atoms with E-state index in [0.29, 0.717) is 22.3 Å². The molecule has 0 aliphatic rings. The molecule has 178 valence electrons. The minimum Gasteiger partial charge on any atom is -0.293 e. The Hall–Kier alpha value is -4.98. The molecule has 0 heterocycles. The van der Waals surface area contributed by atoms with Gasteiger partial charge in [-0.15, -0.1) is 0 Å². The van der Waals surface area contributed by atoms with Crippen molar-refractivity contribution in [2.45, 2.75) is 11.8 Å². The summed E-state index contributed by atoms with van der Waals surface area (Å²) in [6.45, 7) is 0. The maximum Gasteiger partial charge on any atom is 0.269 e. The van der Waals surface area contributed by atoms with Crippen molar-refractivity contribution in [3.63, 3.8) is 0 Å². The highest BCUT2D eigenvalue weighted by atomic mass is 16.6. The highest BCUT2D eigenvalue weighted by Gasteiger charge is 2.37. The van der Waals surface area contributed by atoms with Gasteiger partial charge < -0.3 is 0 Å². The maximum absolute atomic E-state index is 13.9. The lowest BCUT2D eigenvalue weighted by atomic mass is 9.73. The molecule has 0 fully saturated rings. The molecule has 0 aromatic heterocycles. The third-order valence-corrected chi connectivity index (χ3v) is 5.94. The van der Waals surface area contributed by atoms with Crippen LogP contribution in [0.4, 0.5) is 11.4 Å². The maximum atomic E-state index is 13.9. The van der Waals surface area contributed by atoms with E-state index in [2.05, 4.69) is 0 Å². The smallest absolute Gasteiger partial charge is 0.269 e. The zero-order valence-corrected chi connectivity index (χ0v) is 18.9. The fourth-order valence-corrected chi connectivity index (χ4v) is 4.16. The predicted molar refractivity (Wildman–Crippen MR) is 133 cm³/mol. The number of nitro groups is 2. The number of hydrogen-bond donors (Lipinski definition) is 0. The number of carbonyl (C=O) groups is 2. The van der Waals surface area contributed by atoms with Crippen molar-refractivity contribution in [3.05, 3.63) is 152 Å². The standard InChI is InChI=1S/C28H20N2O6/c31-27(21-7-3-1-4-8-21)25(19-11-15-23(16-12-19)29(33)34)26(28(32)22-9-5-2-6-10-22)20-13-17-24(18-14-20)30(35)36/h1-18,25-26H. The third kappa shape index (κ3) is 5.07. The van der Waals surface area contributed by atoms with E-state index in [1.165, 1.54) is 48.5 Å². The number of rotatable bonds is 9. The lowest BCUT2D eigenvalue weighted by molar-refractivity contribution is -0.385. The van der Waals surface area contributed by atoms with E-state index in [1.807, 2.05) is 0 Å². The van der Waals surface area contributed by atoms with Gasteiger partial charge in [-0.05, 0) is 11.1 Å². The van der Waals surface area contributed by atoms with Crippen LogP contribution in [0.25, 0.3) is 0 Å². The second kappa shape index (κ2) is 10.5. The van der Waals surface area contributed by atoms with Gasteiger partial charge in [-0.3, -0.25) is 29.8 Å². The summed E-state index contributed by atoms with van der Waals surface area (Å²) in [4.78, 5) is 49.1. The average molecular weight is 480 g/mol. The Morgan fingerprint density at radius 3 is 1.08 bits per heavy atom. The first-order valence-electron chi connectivity index (χ1n) is 11.0. The Labute approximate surface area is 206 Å². The molecule has 4 rings (SSSR count). The van der Waals surface area contributed by atoms with Crippen LogP contribution in [-0.4, -0.2) is 21.4 Å². The molecular weight excluding hydrogens is 460 g/mol. The molecule has 0 saturated carbocycles. The van der Waals surface area contributed by atoms with Crippen molar-refractivity contribution < 1.29 is 19.4 Å². The van der Waals surface area contributed by atoms with Crippen molar-refractivity contribution in [2.24, 2.45) is 0 Å². The molecule has 36 heavy (non-hydrogen) atoms. The molecule has 8 nitrogen and oxygen atoms in total. The number of hydrogen-bond acceptors (Lipinski definition) is 6. The SMILES string of the molecule is O=C(c1ccccc1)C(c1ccc([N+](=O)[O-])cc1)C(C(=O)c1ccccc1)c1ccc([N+](=O)[O-])cc1. The molecule has 0 radical (unpaired) electrons. The molecule has 0 aliphatic heterocycles. The van der Waals surface area contributed by atoms with E-state index < -0.39 is 21.7 Å². The predicted octanol–water partition coefficient (Wildman–Crippen LogP) is 6.14. The summed E-state index contributed by atoms with van der Waals surface area (Å²) in [5.41, 5.74) is 1.28. The first-order valence-corrected chi connectivity index (χ1v) is 11.0. The van der Waals surface area contributed by atoms with Gasteiger partial charge in [0.15, 0.2) is 11.6 Å². The number of Topliss-reactive ketones (excluding diaryl/α,β-unsaturated/α-hetero) is 2. The average Bonchev–Trinajstić information content (AvgIpc) is 2.92.